The largest absolute Gasteiger partial charge is 0.416 e. The number of amides is 1. The molecule has 3 aromatic rings. The monoisotopic (exact) mass is 517 g/mol. The number of hydrogen-bond donors (Lipinski definition) is 1. The van der Waals surface area contributed by atoms with E-state index in [9.17, 15) is 4.79 Å². The van der Waals surface area contributed by atoms with Gasteiger partial charge in [-0.25, -0.2) is 4.98 Å². The van der Waals surface area contributed by atoms with E-state index >= 15 is 0 Å². The van der Waals surface area contributed by atoms with Crippen LogP contribution in [0.3, 0.4) is 0 Å². The molecule has 1 amide bonds. The minimum atomic E-state index is 0.230. The fraction of sp³-hybridized carbons (Fsp3) is 0.481. The first kappa shape index (κ1) is 22.9. The number of benzene rings is 1. The lowest BCUT2D eigenvalue weighted by atomic mass is 9.71. The summed E-state index contributed by atoms with van der Waals surface area (Å²) in [6.45, 7) is 4.26. The molecule has 1 aromatic carbocycles. The minimum absolute atomic E-state index is 0.230. The average Bonchev–Trinajstić information content (AvgIpc) is 3.62. The van der Waals surface area contributed by atoms with E-state index in [2.05, 4.69) is 43.0 Å². The summed E-state index contributed by atoms with van der Waals surface area (Å²) in [4.78, 5) is 23.9. The first-order valence-electron chi connectivity index (χ1n) is 13.2. The Hall–Kier alpha value is -3.27. The van der Waals surface area contributed by atoms with E-state index in [4.69, 9.17) is 4.42 Å². The van der Waals surface area contributed by atoms with Crippen molar-refractivity contribution in [2.45, 2.75) is 37.4 Å². The van der Waals surface area contributed by atoms with Gasteiger partial charge in [-0.3, -0.25) is 4.79 Å². The molecule has 10 heteroatoms. The number of nitrogens with one attached hydrogen (secondary N) is 1. The predicted octanol–water partition coefficient (Wildman–Crippen LogP) is 4.29. The van der Waals surface area contributed by atoms with Gasteiger partial charge in [0.25, 0.3) is 0 Å². The first-order chi connectivity index (χ1) is 18.1. The van der Waals surface area contributed by atoms with E-state index in [1.807, 2.05) is 40.9 Å². The van der Waals surface area contributed by atoms with Crippen LogP contribution in [0.2, 0.25) is 0 Å². The van der Waals surface area contributed by atoms with Crippen LogP contribution in [0.4, 0.5) is 17.2 Å². The molecule has 0 unspecified atom stereocenters. The quantitative estimate of drug-likeness (QED) is 0.511. The summed E-state index contributed by atoms with van der Waals surface area (Å²) in [5.41, 5.74) is 4.23. The van der Waals surface area contributed by atoms with Crippen molar-refractivity contribution in [2.24, 2.45) is 5.41 Å². The number of nitrogens with zero attached hydrogens (tertiary/aromatic N) is 6. The second-order valence-corrected chi connectivity index (χ2v) is 12.0. The second kappa shape index (κ2) is 8.93. The van der Waals surface area contributed by atoms with E-state index in [-0.39, 0.29) is 11.3 Å². The number of anilines is 3. The van der Waals surface area contributed by atoms with Gasteiger partial charge in [0.2, 0.25) is 17.7 Å². The van der Waals surface area contributed by atoms with Gasteiger partial charge in [0, 0.05) is 74.3 Å². The summed E-state index contributed by atoms with van der Waals surface area (Å²) in [5.74, 6) is 2.00. The first-order valence-corrected chi connectivity index (χ1v) is 14.0. The fourth-order valence-electron chi connectivity index (χ4n) is 5.60. The molecule has 5 aliphatic heterocycles. The van der Waals surface area contributed by atoms with Crippen LogP contribution in [0.1, 0.15) is 32.1 Å². The Morgan fingerprint density at radius 3 is 2.65 bits per heavy atom. The number of pyridine rings is 1. The Morgan fingerprint density at radius 2 is 1.84 bits per heavy atom. The van der Waals surface area contributed by atoms with E-state index in [1.54, 1.807) is 6.20 Å². The van der Waals surface area contributed by atoms with Crippen molar-refractivity contribution in [3.8, 4) is 22.9 Å². The lowest BCUT2D eigenvalue weighted by Crippen LogP contribution is -2.62. The van der Waals surface area contributed by atoms with Gasteiger partial charge in [0.1, 0.15) is 5.82 Å². The summed E-state index contributed by atoms with van der Waals surface area (Å²) in [5, 5.41) is 9.57. The van der Waals surface area contributed by atoms with E-state index < -0.39 is 0 Å². The molecule has 1 spiro atoms. The van der Waals surface area contributed by atoms with E-state index in [0.717, 1.165) is 72.6 Å². The van der Waals surface area contributed by atoms with Crippen molar-refractivity contribution < 1.29 is 9.21 Å². The summed E-state index contributed by atoms with van der Waals surface area (Å²) in [7, 11) is 1.97. The summed E-state index contributed by atoms with van der Waals surface area (Å²) < 4.78 is 9.79. The Morgan fingerprint density at radius 1 is 1.03 bits per heavy atom. The molecule has 0 atom stereocenters. The number of carbonyl (C=O) groups excluding carboxylic acids is 1. The van der Waals surface area contributed by atoms with Crippen LogP contribution >= 0.6 is 11.9 Å². The molecule has 7 heterocycles. The molecular weight excluding hydrogens is 486 g/mol. The number of fused-ring (bicyclic) bond motifs is 1. The molecule has 1 N–H and O–H groups in total. The lowest BCUT2D eigenvalue weighted by molar-refractivity contribution is -0.144. The molecule has 9 nitrogen and oxygen atoms in total. The minimum Gasteiger partial charge on any atom is -0.416 e. The fourth-order valence-corrected chi connectivity index (χ4v) is 6.40. The summed E-state index contributed by atoms with van der Waals surface area (Å²) in [6.07, 6.45) is 6.96. The number of hydrogen-bond acceptors (Lipinski definition) is 9. The topological polar surface area (TPSA) is 90.6 Å². The van der Waals surface area contributed by atoms with Gasteiger partial charge < -0.3 is 23.8 Å². The van der Waals surface area contributed by atoms with Crippen molar-refractivity contribution in [3.05, 3.63) is 36.5 Å². The van der Waals surface area contributed by atoms with Gasteiger partial charge in [-0.2, -0.15) is 0 Å². The highest BCUT2D eigenvalue weighted by Gasteiger charge is 2.46. The van der Waals surface area contributed by atoms with E-state index in [1.165, 1.54) is 12.8 Å². The SMILES string of the molecule is CN1CCC(=O)N2CC3(CCN(CC3)c3cc(NSC4CC4)ccc3-c3nnc(o3)-c3ccnc1c3)C2. The van der Waals surface area contributed by atoms with Gasteiger partial charge in [0.05, 0.1) is 11.3 Å². The van der Waals surface area contributed by atoms with Crippen LogP contribution in [0.15, 0.2) is 40.9 Å². The van der Waals surface area contributed by atoms with Crippen molar-refractivity contribution in [2.75, 3.05) is 54.3 Å². The predicted molar refractivity (Wildman–Crippen MR) is 146 cm³/mol. The standard InChI is InChI=1S/C27H31N7O2S/c1-32-11-7-24(35)34-16-27(17-34)8-12-33(13-9-27)22-15-19(31-37-20-3-4-20)2-5-21(22)26-30-29-25(36-26)18-6-10-28-23(32)14-18/h2,5-6,10,14-15,20,31H,3-4,7-9,11-13,16-17H2,1H3. The molecular formula is C27H31N7O2S. The van der Waals surface area contributed by atoms with Crippen LogP contribution in [0, 0.1) is 5.41 Å². The molecule has 2 aromatic heterocycles. The highest BCUT2D eigenvalue weighted by atomic mass is 32.2. The Balaban J connectivity index is 1.26. The van der Waals surface area contributed by atoms with E-state index in [0.29, 0.717) is 24.7 Å². The Labute approximate surface area is 220 Å². The normalized spacial score (nSPS) is 20.7. The number of carbonyl (C=O) groups is 1. The number of aromatic nitrogens is 3. The third-order valence-electron chi connectivity index (χ3n) is 8.14. The van der Waals surface area contributed by atoms with Crippen molar-refractivity contribution in [1.29, 1.82) is 0 Å². The van der Waals surface area contributed by atoms with Crippen LogP contribution in [-0.2, 0) is 4.79 Å². The van der Waals surface area contributed by atoms with Gasteiger partial charge in [-0.15, -0.1) is 10.2 Å². The molecule has 37 heavy (non-hydrogen) atoms. The Bertz CT molecular complexity index is 1320. The van der Waals surface area contributed by atoms with Gasteiger partial charge in [-0.05, 0) is 68.0 Å². The third-order valence-corrected chi connectivity index (χ3v) is 9.29. The zero-order chi connectivity index (χ0) is 25.0. The molecule has 6 aliphatic rings. The highest BCUT2D eigenvalue weighted by Crippen LogP contribution is 2.44. The third kappa shape index (κ3) is 4.41. The molecule has 7 bridgehead atoms. The van der Waals surface area contributed by atoms with Crippen LogP contribution in [0.5, 0.6) is 0 Å². The maximum Gasteiger partial charge on any atom is 0.250 e. The molecule has 2 saturated heterocycles. The smallest absolute Gasteiger partial charge is 0.250 e. The maximum absolute atomic E-state index is 12.9. The zero-order valence-corrected chi connectivity index (χ0v) is 21.8. The molecule has 192 valence electrons. The zero-order valence-electron chi connectivity index (χ0n) is 21.0. The van der Waals surface area contributed by atoms with Gasteiger partial charge in [0.15, 0.2) is 0 Å². The van der Waals surface area contributed by atoms with Crippen LogP contribution in [-0.4, -0.2) is 71.0 Å². The van der Waals surface area contributed by atoms with Gasteiger partial charge >= 0.3 is 0 Å². The van der Waals surface area contributed by atoms with Crippen LogP contribution in [0.25, 0.3) is 22.9 Å². The number of rotatable bonds is 3. The summed E-state index contributed by atoms with van der Waals surface area (Å²) in [6, 6.07) is 10.2. The number of piperidine rings is 1. The van der Waals surface area contributed by atoms with Crippen molar-refractivity contribution in [3.63, 3.8) is 0 Å². The summed E-state index contributed by atoms with van der Waals surface area (Å²) >= 11 is 1.81. The molecule has 3 fully saturated rings. The van der Waals surface area contributed by atoms with Crippen molar-refractivity contribution in [1.82, 2.24) is 20.1 Å². The van der Waals surface area contributed by atoms with Gasteiger partial charge in [-0.1, -0.05) is 0 Å². The van der Waals surface area contributed by atoms with Crippen LogP contribution < -0.4 is 14.5 Å². The molecule has 1 saturated carbocycles. The molecule has 1 aliphatic carbocycles. The highest BCUT2D eigenvalue weighted by molar-refractivity contribution is 8.01. The average molecular weight is 518 g/mol. The van der Waals surface area contributed by atoms with Crippen molar-refractivity contribution >= 4 is 35.0 Å². The Kier molecular flexibility index (Phi) is 5.53. The lowest BCUT2D eigenvalue weighted by Gasteiger charge is -2.54. The molecule has 9 rings (SSSR count). The maximum atomic E-state index is 12.9. The second-order valence-electron chi connectivity index (χ2n) is 10.9. The molecule has 0 radical (unpaired) electrons.